The van der Waals surface area contributed by atoms with E-state index in [1.54, 1.807) is 50.7 Å². The fraction of sp³-hybridized carbons (Fsp3) is 0.217. The lowest BCUT2D eigenvalue weighted by Crippen LogP contribution is -2.02. The molecule has 3 aromatic heterocycles. The predicted molar refractivity (Wildman–Crippen MR) is 125 cm³/mol. The molecule has 0 saturated heterocycles. The quantitative estimate of drug-likeness (QED) is 0.302. The summed E-state index contributed by atoms with van der Waals surface area (Å²) in [5, 5.41) is 4.19. The van der Waals surface area contributed by atoms with Crippen molar-refractivity contribution in [3.8, 4) is 29.0 Å². The summed E-state index contributed by atoms with van der Waals surface area (Å²) < 4.78 is 40.7. The summed E-state index contributed by atoms with van der Waals surface area (Å²) in [6.45, 7) is 2.13. The third-order valence-electron chi connectivity index (χ3n) is 4.86. The Morgan fingerprint density at radius 1 is 1.17 bits per heavy atom. The highest BCUT2D eigenvalue weighted by atomic mass is 31.2. The molecule has 4 rings (SSSR count). The summed E-state index contributed by atoms with van der Waals surface area (Å²) >= 11 is 0. The van der Waals surface area contributed by atoms with Gasteiger partial charge < -0.3 is 32.8 Å². The molecule has 12 heteroatoms. The Labute approximate surface area is 200 Å². The molecule has 0 amide bonds. The van der Waals surface area contributed by atoms with Gasteiger partial charge in [0.2, 0.25) is 5.88 Å². The van der Waals surface area contributed by atoms with Crippen LogP contribution in [0.1, 0.15) is 22.6 Å². The van der Waals surface area contributed by atoms with E-state index >= 15 is 0 Å². The smallest absolute Gasteiger partial charge is 0.349 e. The van der Waals surface area contributed by atoms with Crippen molar-refractivity contribution >= 4 is 13.7 Å². The standard InChI is InChI=1S/C23H24N3O8P/c1-15-18(24-23(34-15)20-5-4-9-31-20)14-32-19-7-6-16(11-21(19)30-3)13-33-22-17(12-26(2)25-22)8-10-35(27,28)29/h4-12H,13-14H2,1-3H3,(H2,27,28,29)/b10-8+. The fourth-order valence-corrected chi connectivity index (χ4v) is 3.53. The second-order valence-corrected chi connectivity index (χ2v) is 9.01. The highest BCUT2D eigenvalue weighted by Crippen LogP contribution is 2.37. The zero-order valence-corrected chi connectivity index (χ0v) is 20.1. The van der Waals surface area contributed by atoms with Crippen LogP contribution in [-0.2, 0) is 24.8 Å². The number of methoxy groups -OCH3 is 1. The minimum atomic E-state index is -4.30. The number of aromatic nitrogens is 3. The molecule has 11 nitrogen and oxygen atoms in total. The Bertz CT molecular complexity index is 1370. The zero-order chi connectivity index (χ0) is 25.0. The predicted octanol–water partition coefficient (Wildman–Crippen LogP) is 4.29. The first kappa shape index (κ1) is 24.3. The molecule has 0 aliphatic carbocycles. The summed E-state index contributed by atoms with van der Waals surface area (Å²) in [7, 11) is -1.08. The van der Waals surface area contributed by atoms with Crippen LogP contribution >= 0.6 is 7.60 Å². The molecule has 0 fully saturated rings. The molecule has 35 heavy (non-hydrogen) atoms. The number of ether oxygens (including phenoxy) is 3. The van der Waals surface area contributed by atoms with E-state index in [9.17, 15) is 4.57 Å². The van der Waals surface area contributed by atoms with Gasteiger partial charge in [-0.2, -0.15) is 0 Å². The summed E-state index contributed by atoms with van der Waals surface area (Å²) in [4.78, 5) is 22.6. The van der Waals surface area contributed by atoms with Gasteiger partial charge in [-0.15, -0.1) is 5.10 Å². The molecule has 0 aliphatic rings. The Morgan fingerprint density at radius 2 is 2.00 bits per heavy atom. The van der Waals surface area contributed by atoms with Crippen LogP contribution in [0, 0.1) is 6.92 Å². The van der Waals surface area contributed by atoms with Crippen LogP contribution in [0.15, 0.2) is 57.4 Å². The first-order valence-electron chi connectivity index (χ1n) is 10.4. The molecular weight excluding hydrogens is 477 g/mol. The van der Waals surface area contributed by atoms with Crippen molar-refractivity contribution in [2.24, 2.45) is 7.05 Å². The van der Waals surface area contributed by atoms with Gasteiger partial charge in [0, 0.05) is 19.1 Å². The minimum Gasteiger partial charge on any atom is -0.493 e. The molecule has 0 bridgehead atoms. The minimum absolute atomic E-state index is 0.152. The maximum atomic E-state index is 11.1. The molecule has 0 saturated carbocycles. The van der Waals surface area contributed by atoms with Crippen LogP contribution in [0.5, 0.6) is 17.4 Å². The number of hydrogen-bond acceptors (Lipinski definition) is 8. The van der Waals surface area contributed by atoms with Crippen LogP contribution in [0.2, 0.25) is 0 Å². The number of hydrogen-bond donors (Lipinski definition) is 2. The van der Waals surface area contributed by atoms with Crippen molar-refractivity contribution in [2.75, 3.05) is 7.11 Å². The van der Waals surface area contributed by atoms with Crippen molar-refractivity contribution in [2.45, 2.75) is 20.1 Å². The van der Waals surface area contributed by atoms with E-state index in [4.69, 9.17) is 32.8 Å². The topological polar surface area (TPSA) is 142 Å². The van der Waals surface area contributed by atoms with Gasteiger partial charge in [0.1, 0.15) is 24.7 Å². The second kappa shape index (κ2) is 10.2. The number of rotatable bonds is 10. The van der Waals surface area contributed by atoms with E-state index < -0.39 is 7.60 Å². The van der Waals surface area contributed by atoms with Gasteiger partial charge in [-0.3, -0.25) is 9.25 Å². The lowest BCUT2D eigenvalue weighted by Gasteiger charge is -2.12. The number of benzene rings is 1. The van der Waals surface area contributed by atoms with Gasteiger partial charge in [0.15, 0.2) is 17.3 Å². The van der Waals surface area contributed by atoms with Crippen molar-refractivity contribution < 1.29 is 37.4 Å². The molecule has 0 radical (unpaired) electrons. The van der Waals surface area contributed by atoms with E-state index in [1.807, 2.05) is 6.07 Å². The van der Waals surface area contributed by atoms with Gasteiger partial charge in [-0.05, 0) is 42.8 Å². The number of nitrogens with zero attached hydrogens (tertiary/aromatic N) is 3. The molecule has 0 atom stereocenters. The van der Waals surface area contributed by atoms with E-state index in [0.717, 1.165) is 11.4 Å². The van der Waals surface area contributed by atoms with E-state index in [0.29, 0.717) is 40.2 Å². The maximum absolute atomic E-state index is 11.1. The van der Waals surface area contributed by atoms with Gasteiger partial charge in [-0.1, -0.05) is 6.07 Å². The summed E-state index contributed by atoms with van der Waals surface area (Å²) in [5.74, 6) is 3.61. The first-order chi connectivity index (χ1) is 16.7. The highest BCUT2D eigenvalue weighted by molar-refractivity contribution is 7.55. The molecule has 0 spiro atoms. The van der Waals surface area contributed by atoms with Crippen molar-refractivity contribution in [1.82, 2.24) is 14.8 Å². The maximum Gasteiger partial charge on any atom is 0.349 e. The van der Waals surface area contributed by atoms with Crippen molar-refractivity contribution in [1.29, 1.82) is 0 Å². The molecular formula is C23H24N3O8P. The van der Waals surface area contributed by atoms with Crippen LogP contribution in [0.4, 0.5) is 0 Å². The number of aryl methyl sites for hydroxylation is 2. The van der Waals surface area contributed by atoms with Crippen molar-refractivity contribution in [3.05, 3.63) is 71.2 Å². The second-order valence-electron chi connectivity index (χ2n) is 7.53. The summed E-state index contributed by atoms with van der Waals surface area (Å²) in [5.41, 5.74) is 1.86. The summed E-state index contributed by atoms with van der Waals surface area (Å²) in [6.07, 6.45) is 4.43. The summed E-state index contributed by atoms with van der Waals surface area (Å²) in [6, 6.07) is 8.87. The van der Waals surface area contributed by atoms with Crippen LogP contribution in [0.25, 0.3) is 17.7 Å². The van der Waals surface area contributed by atoms with Gasteiger partial charge >= 0.3 is 7.60 Å². The average Bonchev–Trinajstić information content (AvgIpc) is 3.55. The SMILES string of the molecule is COc1cc(COc2nn(C)cc2/C=C/P(=O)(O)O)ccc1OCc1nc(-c2ccco2)oc1C. The van der Waals surface area contributed by atoms with Crippen LogP contribution < -0.4 is 14.2 Å². The average molecular weight is 501 g/mol. The van der Waals surface area contributed by atoms with E-state index in [2.05, 4.69) is 10.1 Å². The Balaban J connectivity index is 1.42. The Kier molecular flexibility index (Phi) is 7.11. The molecule has 1 aromatic carbocycles. The zero-order valence-electron chi connectivity index (χ0n) is 19.2. The monoisotopic (exact) mass is 501 g/mol. The highest BCUT2D eigenvalue weighted by Gasteiger charge is 2.16. The third kappa shape index (κ3) is 6.21. The Morgan fingerprint density at radius 3 is 2.71 bits per heavy atom. The fourth-order valence-electron chi connectivity index (χ4n) is 3.18. The van der Waals surface area contributed by atoms with Crippen molar-refractivity contribution in [3.63, 3.8) is 0 Å². The third-order valence-corrected chi connectivity index (χ3v) is 5.40. The molecule has 0 unspecified atom stereocenters. The van der Waals surface area contributed by atoms with Gasteiger partial charge in [0.05, 0.1) is 18.9 Å². The molecule has 0 aliphatic heterocycles. The normalized spacial score (nSPS) is 11.8. The van der Waals surface area contributed by atoms with Crippen LogP contribution in [-0.4, -0.2) is 31.7 Å². The Hall–Kier alpha value is -3.79. The number of oxazole rings is 1. The molecule has 4 aromatic rings. The lowest BCUT2D eigenvalue weighted by molar-refractivity contribution is 0.275. The van der Waals surface area contributed by atoms with E-state index in [-0.39, 0.29) is 19.1 Å². The molecule has 3 heterocycles. The van der Waals surface area contributed by atoms with Gasteiger partial charge in [-0.25, -0.2) is 4.98 Å². The number of furan rings is 1. The first-order valence-corrected chi connectivity index (χ1v) is 12.1. The van der Waals surface area contributed by atoms with Crippen LogP contribution in [0.3, 0.4) is 0 Å². The largest absolute Gasteiger partial charge is 0.493 e. The van der Waals surface area contributed by atoms with E-state index in [1.165, 1.54) is 17.9 Å². The lowest BCUT2D eigenvalue weighted by atomic mass is 10.2. The van der Waals surface area contributed by atoms with Gasteiger partial charge in [0.25, 0.3) is 5.89 Å². The molecule has 184 valence electrons. The molecule has 2 N–H and O–H groups in total.